The zero-order valence-electron chi connectivity index (χ0n) is 26.5. The minimum Gasteiger partial charge on any atom is -0.458 e. The summed E-state index contributed by atoms with van der Waals surface area (Å²) in [7, 11) is 0. The molecule has 232 valence electrons. The van der Waals surface area contributed by atoms with Crippen molar-refractivity contribution in [3.63, 3.8) is 0 Å². The Morgan fingerprint density at radius 1 is 0.575 bits per heavy atom. The number of carbonyl (C=O) groups excluding carboxylic acids is 6. The van der Waals surface area contributed by atoms with Gasteiger partial charge in [0.05, 0.1) is 0 Å². The summed E-state index contributed by atoms with van der Waals surface area (Å²) >= 11 is 0. The van der Waals surface area contributed by atoms with Crippen LogP contribution in [0.4, 0.5) is 0 Å². The molecule has 1 atom stereocenters. The molecule has 0 spiro atoms. The number of hydrogen-bond acceptors (Lipinski definition) is 7. The maximum absolute atomic E-state index is 13.1. The van der Waals surface area contributed by atoms with E-state index >= 15 is 0 Å². The number of hydrogen-bond donors (Lipinski definition) is 5. The third-order valence-electron chi connectivity index (χ3n) is 5.63. The molecule has 13 heteroatoms. The molecule has 0 unspecified atom stereocenters. The van der Waals surface area contributed by atoms with Crippen molar-refractivity contribution in [3.8, 4) is 0 Å². The van der Waals surface area contributed by atoms with Gasteiger partial charge in [-0.15, -0.1) is 0 Å². The quantitative estimate of drug-likeness (QED) is 0.218. The van der Waals surface area contributed by atoms with Gasteiger partial charge in [0.2, 0.25) is 29.5 Å². The second-order valence-corrected chi connectivity index (χ2v) is 13.3. The maximum Gasteiger partial charge on any atom is 0.331 e. The van der Waals surface area contributed by atoms with E-state index in [1.165, 1.54) is 62.3 Å². The largest absolute Gasteiger partial charge is 0.458 e. The van der Waals surface area contributed by atoms with Crippen molar-refractivity contribution in [2.45, 2.75) is 131 Å². The van der Waals surface area contributed by atoms with Gasteiger partial charge in [-0.25, -0.2) is 4.79 Å². The first-order chi connectivity index (χ1) is 17.1. The van der Waals surface area contributed by atoms with Gasteiger partial charge in [0.25, 0.3) is 0 Å². The van der Waals surface area contributed by atoms with Crippen LogP contribution in [0.2, 0.25) is 0 Å². The van der Waals surface area contributed by atoms with E-state index in [2.05, 4.69) is 26.6 Å². The van der Waals surface area contributed by atoms with Gasteiger partial charge in [-0.05, 0) is 82.1 Å². The van der Waals surface area contributed by atoms with Gasteiger partial charge >= 0.3 is 5.97 Å². The van der Waals surface area contributed by atoms with Gasteiger partial charge in [0.1, 0.15) is 33.8 Å². The Kier molecular flexibility index (Phi) is 13.1. The lowest BCUT2D eigenvalue weighted by atomic mass is 9.95. The standard InChI is InChI=1S/C27H49N5O7.H2O/c1-15(2)17(28-16(3)33)18(34)29-24(7,8)19(35)30-25(9,10)20(36)31-26(11,12)21(37)32-27(13,14)22(38)39-23(4,5)6;/h15,17H,1-14H3,(H,28,33)(H,29,34)(H,30,35)(H,31,36)(H,32,37);1H2/t17-;/m0./s1. The smallest absolute Gasteiger partial charge is 0.331 e. The average Bonchev–Trinajstić information content (AvgIpc) is 2.68. The number of rotatable bonds is 11. The summed E-state index contributed by atoms with van der Waals surface area (Å²) in [6.45, 7) is 21.7. The summed E-state index contributed by atoms with van der Waals surface area (Å²) in [5.74, 6) is -3.78. The topological polar surface area (TPSA) is 203 Å². The molecule has 0 aliphatic rings. The van der Waals surface area contributed by atoms with E-state index in [1.807, 2.05) is 0 Å². The summed E-state index contributed by atoms with van der Waals surface area (Å²) in [6, 6.07) is -0.852. The predicted molar refractivity (Wildman–Crippen MR) is 151 cm³/mol. The Labute approximate surface area is 238 Å². The van der Waals surface area contributed by atoms with Gasteiger partial charge in [-0.1, -0.05) is 13.8 Å². The fourth-order valence-electron chi connectivity index (χ4n) is 3.09. The molecule has 0 bridgehead atoms. The van der Waals surface area contributed by atoms with E-state index in [0.717, 1.165) is 0 Å². The average molecular weight is 574 g/mol. The zero-order chi connectivity index (χ0) is 31.4. The first-order valence-electron chi connectivity index (χ1n) is 12.9. The molecule has 0 rings (SSSR count). The summed E-state index contributed by atoms with van der Waals surface area (Å²) in [5, 5.41) is 13.0. The second-order valence-electron chi connectivity index (χ2n) is 13.3. The van der Waals surface area contributed by atoms with E-state index in [4.69, 9.17) is 4.74 Å². The van der Waals surface area contributed by atoms with Crippen molar-refractivity contribution in [1.82, 2.24) is 26.6 Å². The van der Waals surface area contributed by atoms with Crippen LogP contribution in [0.1, 0.15) is 96.9 Å². The van der Waals surface area contributed by atoms with Crippen molar-refractivity contribution in [1.29, 1.82) is 0 Å². The van der Waals surface area contributed by atoms with Crippen molar-refractivity contribution in [3.05, 3.63) is 0 Å². The highest BCUT2D eigenvalue weighted by Crippen LogP contribution is 2.17. The number of ether oxygens (including phenoxy) is 1. The monoisotopic (exact) mass is 573 g/mol. The molecule has 0 aromatic rings. The number of esters is 1. The molecule has 0 saturated carbocycles. The van der Waals surface area contributed by atoms with E-state index in [1.54, 1.807) is 34.6 Å². The molecule has 0 heterocycles. The first kappa shape index (κ1) is 38.9. The number of amides is 5. The lowest BCUT2D eigenvalue weighted by molar-refractivity contribution is -0.163. The molecule has 40 heavy (non-hydrogen) atoms. The molecule has 0 aromatic carbocycles. The molecule has 0 saturated heterocycles. The zero-order valence-corrected chi connectivity index (χ0v) is 26.5. The lowest BCUT2D eigenvalue weighted by Gasteiger charge is -2.36. The molecule has 5 amide bonds. The second kappa shape index (κ2) is 13.4. The van der Waals surface area contributed by atoms with Crippen LogP contribution in [0.3, 0.4) is 0 Å². The van der Waals surface area contributed by atoms with Gasteiger partial charge in [-0.3, -0.25) is 24.0 Å². The molecule has 7 N–H and O–H groups in total. The minimum atomic E-state index is -1.49. The number of carbonyl (C=O) groups is 6. The fraction of sp³-hybridized carbons (Fsp3) is 0.778. The lowest BCUT2D eigenvalue weighted by Crippen LogP contribution is -2.68. The highest BCUT2D eigenvalue weighted by atomic mass is 16.6. The van der Waals surface area contributed by atoms with E-state index < -0.39 is 63.4 Å². The Morgan fingerprint density at radius 2 is 0.900 bits per heavy atom. The van der Waals surface area contributed by atoms with Crippen LogP contribution in [0.15, 0.2) is 0 Å². The third-order valence-corrected chi connectivity index (χ3v) is 5.63. The van der Waals surface area contributed by atoms with Gasteiger partial charge in [0, 0.05) is 6.92 Å². The molecule has 0 aliphatic carbocycles. The fourth-order valence-corrected chi connectivity index (χ4v) is 3.09. The summed E-state index contributed by atoms with van der Waals surface area (Å²) in [5.41, 5.74) is -6.52. The van der Waals surface area contributed by atoms with Crippen molar-refractivity contribution >= 4 is 35.5 Å². The van der Waals surface area contributed by atoms with Crippen molar-refractivity contribution < 1.29 is 39.0 Å². The maximum atomic E-state index is 13.1. The van der Waals surface area contributed by atoms with Crippen LogP contribution in [0.5, 0.6) is 0 Å². The predicted octanol–water partition coefficient (Wildman–Crippen LogP) is 0.243. The van der Waals surface area contributed by atoms with Gasteiger partial charge in [0.15, 0.2) is 0 Å². The molecule has 13 nitrogen and oxygen atoms in total. The van der Waals surface area contributed by atoms with Gasteiger partial charge < -0.3 is 36.8 Å². The molecule has 0 radical (unpaired) electrons. The molecule has 0 fully saturated rings. The summed E-state index contributed by atoms with van der Waals surface area (Å²) in [6.07, 6.45) is 0. The van der Waals surface area contributed by atoms with Crippen molar-refractivity contribution in [2.75, 3.05) is 0 Å². The van der Waals surface area contributed by atoms with E-state index in [-0.39, 0.29) is 17.3 Å². The third kappa shape index (κ3) is 11.9. The number of nitrogens with one attached hydrogen (secondary N) is 5. The Bertz CT molecular complexity index is 978. The van der Waals surface area contributed by atoms with Crippen molar-refractivity contribution in [2.24, 2.45) is 5.92 Å². The molecule has 0 aromatic heterocycles. The Hall–Kier alpha value is -3.22. The van der Waals surface area contributed by atoms with E-state index in [9.17, 15) is 28.8 Å². The highest BCUT2D eigenvalue weighted by Gasteiger charge is 2.43. The van der Waals surface area contributed by atoms with Crippen LogP contribution >= 0.6 is 0 Å². The van der Waals surface area contributed by atoms with Crippen LogP contribution in [-0.4, -0.2) is 74.8 Å². The van der Waals surface area contributed by atoms with Crippen LogP contribution < -0.4 is 26.6 Å². The molecular formula is C27H51N5O8. The Morgan fingerprint density at radius 3 is 1.20 bits per heavy atom. The van der Waals surface area contributed by atoms with Crippen LogP contribution in [0.25, 0.3) is 0 Å². The molecular weight excluding hydrogens is 522 g/mol. The highest BCUT2D eigenvalue weighted by molar-refractivity contribution is 6.00. The minimum absolute atomic E-state index is 0. The van der Waals surface area contributed by atoms with E-state index in [0.29, 0.717) is 0 Å². The normalized spacial score (nSPS) is 13.3. The van der Waals surface area contributed by atoms with Crippen LogP contribution in [0, 0.1) is 5.92 Å². The Balaban J connectivity index is 0. The summed E-state index contributed by atoms with van der Waals surface area (Å²) in [4.78, 5) is 76.0. The van der Waals surface area contributed by atoms with Gasteiger partial charge in [-0.2, -0.15) is 0 Å². The molecule has 0 aliphatic heterocycles. The first-order valence-corrected chi connectivity index (χ1v) is 12.9. The summed E-state index contributed by atoms with van der Waals surface area (Å²) < 4.78 is 5.36. The van der Waals surface area contributed by atoms with Crippen LogP contribution in [-0.2, 0) is 33.5 Å². The SMILES string of the molecule is CC(=O)N[C@H](C(=O)NC(C)(C)C(=O)NC(C)(C)C(=O)NC(C)(C)C(=O)NC(C)(C)C(=O)OC(C)(C)C)C(C)C.O.